The molecular weight excluding hydrogens is 172 g/mol. The number of carbonyl (C=O) groups excluding carboxylic acids is 1. The van der Waals surface area contributed by atoms with Gasteiger partial charge in [-0.05, 0) is 0 Å². The van der Waals surface area contributed by atoms with E-state index < -0.39 is 6.10 Å². The molecule has 0 fully saturated rings. The zero-order valence-electron chi connectivity index (χ0n) is 8.19. The standard InChI is InChI=1S/C8H18N2O3/c1-10(8(12)3-4-9)5-7(11)6-13-2/h7,11H,3-6,9H2,1-2H3. The van der Waals surface area contributed by atoms with Gasteiger partial charge in [-0.1, -0.05) is 0 Å². The highest BCUT2D eigenvalue weighted by Gasteiger charge is 2.12. The molecule has 0 saturated carbocycles. The molecule has 1 atom stereocenters. The Labute approximate surface area is 78.5 Å². The van der Waals surface area contributed by atoms with Gasteiger partial charge in [-0.3, -0.25) is 4.79 Å². The topological polar surface area (TPSA) is 75.8 Å². The molecule has 5 heteroatoms. The van der Waals surface area contributed by atoms with E-state index >= 15 is 0 Å². The quantitative estimate of drug-likeness (QED) is 0.551. The third-order valence-corrected chi connectivity index (χ3v) is 1.63. The van der Waals surface area contributed by atoms with Crippen molar-refractivity contribution < 1.29 is 14.6 Å². The first-order chi connectivity index (χ1) is 6.11. The number of rotatable bonds is 6. The number of ether oxygens (including phenoxy) is 1. The number of hydrogen-bond acceptors (Lipinski definition) is 4. The summed E-state index contributed by atoms with van der Waals surface area (Å²) < 4.78 is 4.73. The van der Waals surface area contributed by atoms with Gasteiger partial charge in [0.2, 0.25) is 5.91 Å². The van der Waals surface area contributed by atoms with Crippen LogP contribution in [0.5, 0.6) is 0 Å². The van der Waals surface area contributed by atoms with Crippen molar-refractivity contribution >= 4 is 5.91 Å². The monoisotopic (exact) mass is 190 g/mol. The minimum absolute atomic E-state index is 0.0577. The molecule has 0 aromatic rings. The lowest BCUT2D eigenvalue weighted by Crippen LogP contribution is -2.36. The normalized spacial score (nSPS) is 12.6. The van der Waals surface area contributed by atoms with E-state index in [4.69, 9.17) is 10.5 Å². The van der Waals surface area contributed by atoms with Gasteiger partial charge < -0.3 is 20.5 Å². The van der Waals surface area contributed by atoms with Gasteiger partial charge in [-0.15, -0.1) is 0 Å². The molecule has 0 aliphatic rings. The number of carbonyl (C=O) groups is 1. The molecule has 13 heavy (non-hydrogen) atoms. The first-order valence-corrected chi connectivity index (χ1v) is 4.22. The lowest BCUT2D eigenvalue weighted by molar-refractivity contribution is -0.131. The fourth-order valence-corrected chi connectivity index (χ4v) is 0.977. The van der Waals surface area contributed by atoms with Crippen molar-refractivity contribution in [1.29, 1.82) is 0 Å². The van der Waals surface area contributed by atoms with Crippen LogP contribution in [-0.4, -0.2) is 55.9 Å². The Morgan fingerprint density at radius 3 is 2.77 bits per heavy atom. The summed E-state index contributed by atoms with van der Waals surface area (Å²) in [6.45, 7) is 0.858. The predicted octanol–water partition coefficient (Wildman–Crippen LogP) is -1.20. The van der Waals surface area contributed by atoms with Crippen molar-refractivity contribution in [2.45, 2.75) is 12.5 Å². The summed E-state index contributed by atoms with van der Waals surface area (Å²) in [7, 11) is 3.14. The van der Waals surface area contributed by atoms with Crippen molar-refractivity contribution in [2.75, 3.05) is 33.9 Å². The molecular formula is C8H18N2O3. The highest BCUT2D eigenvalue weighted by Crippen LogP contribution is 1.93. The Morgan fingerprint density at radius 1 is 1.69 bits per heavy atom. The van der Waals surface area contributed by atoms with E-state index in [-0.39, 0.29) is 19.1 Å². The highest BCUT2D eigenvalue weighted by molar-refractivity contribution is 5.76. The number of methoxy groups -OCH3 is 1. The van der Waals surface area contributed by atoms with E-state index in [0.29, 0.717) is 13.0 Å². The molecule has 0 aromatic heterocycles. The van der Waals surface area contributed by atoms with Crippen LogP contribution in [0.4, 0.5) is 0 Å². The number of aliphatic hydroxyl groups excluding tert-OH is 1. The van der Waals surface area contributed by atoms with Crippen LogP contribution >= 0.6 is 0 Å². The Kier molecular flexibility index (Phi) is 6.48. The number of amides is 1. The second kappa shape index (κ2) is 6.82. The van der Waals surface area contributed by atoms with Crippen LogP contribution in [0, 0.1) is 0 Å². The molecule has 0 heterocycles. The first kappa shape index (κ1) is 12.3. The molecule has 0 bridgehead atoms. The first-order valence-electron chi connectivity index (χ1n) is 4.22. The largest absolute Gasteiger partial charge is 0.389 e. The number of likely N-dealkylation sites (N-methyl/N-ethyl adjacent to an activating group) is 1. The SMILES string of the molecule is COCC(O)CN(C)C(=O)CCN. The number of nitrogens with two attached hydrogens (primary N) is 1. The van der Waals surface area contributed by atoms with Gasteiger partial charge in [0.25, 0.3) is 0 Å². The van der Waals surface area contributed by atoms with Crippen LogP contribution in [0.3, 0.4) is 0 Å². The van der Waals surface area contributed by atoms with E-state index in [0.717, 1.165) is 0 Å². The minimum atomic E-state index is -0.628. The maximum atomic E-state index is 11.2. The van der Waals surface area contributed by atoms with Crippen LogP contribution in [0.1, 0.15) is 6.42 Å². The predicted molar refractivity (Wildman–Crippen MR) is 49.2 cm³/mol. The van der Waals surface area contributed by atoms with Crippen molar-refractivity contribution in [3.63, 3.8) is 0 Å². The van der Waals surface area contributed by atoms with Crippen LogP contribution in [-0.2, 0) is 9.53 Å². The molecule has 0 saturated heterocycles. The molecule has 3 N–H and O–H groups in total. The van der Waals surface area contributed by atoms with Crippen molar-refractivity contribution in [3.8, 4) is 0 Å². The molecule has 0 aromatic carbocycles. The summed E-state index contributed by atoms with van der Waals surface area (Å²) in [5.41, 5.74) is 5.22. The Morgan fingerprint density at radius 2 is 2.31 bits per heavy atom. The fourth-order valence-electron chi connectivity index (χ4n) is 0.977. The molecule has 0 radical (unpaired) electrons. The lowest BCUT2D eigenvalue weighted by Gasteiger charge is -2.20. The zero-order valence-corrected chi connectivity index (χ0v) is 8.19. The Hall–Kier alpha value is -0.650. The van der Waals surface area contributed by atoms with Gasteiger partial charge in [-0.2, -0.15) is 0 Å². The maximum absolute atomic E-state index is 11.2. The van der Waals surface area contributed by atoms with Crippen molar-refractivity contribution in [3.05, 3.63) is 0 Å². The van der Waals surface area contributed by atoms with E-state index in [1.165, 1.54) is 12.0 Å². The van der Waals surface area contributed by atoms with Crippen LogP contribution in [0.15, 0.2) is 0 Å². The molecule has 0 aliphatic carbocycles. The van der Waals surface area contributed by atoms with Crippen LogP contribution in [0.2, 0.25) is 0 Å². The summed E-state index contributed by atoms with van der Waals surface area (Å²) in [5, 5.41) is 9.29. The highest BCUT2D eigenvalue weighted by atomic mass is 16.5. The molecule has 0 aliphatic heterocycles. The molecule has 1 amide bonds. The summed E-state index contributed by atoms with van der Waals surface area (Å²) in [4.78, 5) is 12.6. The molecule has 0 rings (SSSR count). The summed E-state index contributed by atoms with van der Waals surface area (Å²) in [5.74, 6) is -0.0577. The van der Waals surface area contributed by atoms with Gasteiger partial charge >= 0.3 is 0 Å². The van der Waals surface area contributed by atoms with Crippen molar-refractivity contribution in [2.24, 2.45) is 5.73 Å². The molecule has 0 spiro atoms. The molecule has 5 nitrogen and oxygen atoms in total. The molecule has 78 valence electrons. The third-order valence-electron chi connectivity index (χ3n) is 1.63. The summed E-state index contributed by atoms with van der Waals surface area (Å²) >= 11 is 0. The molecule has 1 unspecified atom stereocenters. The van der Waals surface area contributed by atoms with Gasteiger partial charge in [0, 0.05) is 33.7 Å². The average molecular weight is 190 g/mol. The fraction of sp³-hybridized carbons (Fsp3) is 0.875. The van der Waals surface area contributed by atoms with Gasteiger partial charge in [0.1, 0.15) is 0 Å². The van der Waals surface area contributed by atoms with Crippen molar-refractivity contribution in [1.82, 2.24) is 4.90 Å². The van der Waals surface area contributed by atoms with E-state index in [2.05, 4.69) is 0 Å². The van der Waals surface area contributed by atoms with E-state index in [9.17, 15) is 9.90 Å². The summed E-state index contributed by atoms with van der Waals surface area (Å²) in [6.07, 6.45) is -0.312. The van der Waals surface area contributed by atoms with Gasteiger partial charge in [0.15, 0.2) is 0 Å². The van der Waals surface area contributed by atoms with Crippen LogP contribution < -0.4 is 5.73 Å². The van der Waals surface area contributed by atoms with Crippen LogP contribution in [0.25, 0.3) is 0 Å². The Bertz CT molecular complexity index is 152. The number of nitrogens with zero attached hydrogens (tertiary/aromatic N) is 1. The Balaban J connectivity index is 3.71. The maximum Gasteiger partial charge on any atom is 0.223 e. The smallest absolute Gasteiger partial charge is 0.223 e. The van der Waals surface area contributed by atoms with Gasteiger partial charge in [0.05, 0.1) is 12.7 Å². The van der Waals surface area contributed by atoms with Gasteiger partial charge in [-0.25, -0.2) is 0 Å². The second-order valence-electron chi connectivity index (χ2n) is 2.92. The number of aliphatic hydroxyl groups is 1. The second-order valence-corrected chi connectivity index (χ2v) is 2.92. The minimum Gasteiger partial charge on any atom is -0.389 e. The average Bonchev–Trinajstić information content (AvgIpc) is 2.05. The zero-order chi connectivity index (χ0) is 10.3. The third kappa shape index (κ3) is 5.57. The number of hydrogen-bond donors (Lipinski definition) is 2. The summed E-state index contributed by atoms with van der Waals surface area (Å²) in [6, 6.07) is 0. The van der Waals surface area contributed by atoms with E-state index in [1.54, 1.807) is 7.05 Å². The van der Waals surface area contributed by atoms with E-state index in [1.807, 2.05) is 0 Å². The lowest BCUT2D eigenvalue weighted by atomic mass is 10.3.